The molecule has 0 aliphatic rings. The van der Waals surface area contributed by atoms with Crippen LogP contribution in [-0.4, -0.2) is 17.6 Å². The van der Waals surface area contributed by atoms with Gasteiger partial charge in [0.05, 0.1) is 0 Å². The molecule has 1 aromatic carbocycles. The van der Waals surface area contributed by atoms with Gasteiger partial charge < -0.3 is 10.1 Å². The molecule has 18 heavy (non-hydrogen) atoms. The Balaban J connectivity index is 2.67. The molecule has 1 rings (SSSR count). The number of rotatable bonds is 4. The van der Waals surface area contributed by atoms with Gasteiger partial charge in [-0.25, -0.2) is 0 Å². The Morgan fingerprint density at radius 2 is 1.83 bits per heavy atom. The third kappa shape index (κ3) is 4.78. The number of benzene rings is 1. The molecule has 0 spiro atoms. The molecule has 1 amide bonds. The zero-order valence-corrected chi connectivity index (χ0v) is 11.9. The first kappa shape index (κ1) is 14.6. The fourth-order valence-electron chi connectivity index (χ4n) is 1.55. The van der Waals surface area contributed by atoms with E-state index in [1.54, 1.807) is 0 Å². The van der Waals surface area contributed by atoms with Crippen LogP contribution in [0.3, 0.4) is 0 Å². The molecule has 0 heterocycles. The summed E-state index contributed by atoms with van der Waals surface area (Å²) in [5, 5.41) is 2.94. The van der Waals surface area contributed by atoms with Crippen molar-refractivity contribution in [2.75, 3.05) is 0 Å². The van der Waals surface area contributed by atoms with Gasteiger partial charge in [0, 0.05) is 5.54 Å². The number of nitrogens with one attached hydrogen (secondary N) is 1. The maximum atomic E-state index is 12.0. The highest BCUT2D eigenvalue weighted by Gasteiger charge is 2.22. The minimum absolute atomic E-state index is 0.0643. The van der Waals surface area contributed by atoms with E-state index in [9.17, 15) is 4.79 Å². The van der Waals surface area contributed by atoms with Crippen molar-refractivity contribution in [1.29, 1.82) is 0 Å². The molecule has 0 unspecified atom stereocenters. The number of carbonyl (C=O) groups is 1. The van der Waals surface area contributed by atoms with E-state index >= 15 is 0 Å². The maximum Gasteiger partial charge on any atom is 0.261 e. The molecular weight excluding hydrogens is 226 g/mol. The number of hydrogen-bond donors (Lipinski definition) is 1. The van der Waals surface area contributed by atoms with Crippen LogP contribution in [-0.2, 0) is 4.79 Å². The summed E-state index contributed by atoms with van der Waals surface area (Å²) in [7, 11) is 0. The third-order valence-electron chi connectivity index (χ3n) is 2.46. The van der Waals surface area contributed by atoms with Crippen LogP contribution in [0.25, 0.3) is 0 Å². The van der Waals surface area contributed by atoms with Crippen LogP contribution < -0.4 is 10.1 Å². The Hall–Kier alpha value is -1.51. The van der Waals surface area contributed by atoms with Crippen molar-refractivity contribution >= 4 is 5.91 Å². The Labute approximate surface area is 110 Å². The maximum absolute atomic E-state index is 12.0. The van der Waals surface area contributed by atoms with E-state index in [1.807, 2.05) is 58.9 Å². The van der Waals surface area contributed by atoms with E-state index in [-0.39, 0.29) is 11.4 Å². The average Bonchev–Trinajstić information content (AvgIpc) is 2.25. The Morgan fingerprint density at radius 1 is 1.28 bits per heavy atom. The molecule has 1 aromatic rings. The van der Waals surface area contributed by atoms with Crippen LogP contribution in [0.5, 0.6) is 5.75 Å². The summed E-state index contributed by atoms with van der Waals surface area (Å²) in [5.41, 5.74) is 0.941. The molecule has 0 saturated heterocycles. The standard InChI is InChI=1S/C15H23NO2/c1-6-13(14(17)16-15(3,4)5)18-12-9-7-11(2)8-10-12/h7-10,13H,6H2,1-5H3,(H,16,17)/t13-/m0/s1. The lowest BCUT2D eigenvalue weighted by molar-refractivity contribution is -0.129. The summed E-state index contributed by atoms with van der Waals surface area (Å²) < 4.78 is 5.71. The van der Waals surface area contributed by atoms with Gasteiger partial charge in [-0.2, -0.15) is 0 Å². The Bertz CT molecular complexity index is 390. The van der Waals surface area contributed by atoms with E-state index in [2.05, 4.69) is 5.32 Å². The molecule has 0 aromatic heterocycles. The van der Waals surface area contributed by atoms with Gasteiger partial charge in [-0.05, 0) is 46.2 Å². The molecule has 0 radical (unpaired) electrons. The fourth-order valence-corrected chi connectivity index (χ4v) is 1.55. The van der Waals surface area contributed by atoms with Crippen molar-refractivity contribution in [3.63, 3.8) is 0 Å². The number of aryl methyl sites for hydroxylation is 1. The molecule has 0 fully saturated rings. The van der Waals surface area contributed by atoms with Crippen molar-refractivity contribution in [1.82, 2.24) is 5.32 Å². The SMILES string of the molecule is CC[C@H](Oc1ccc(C)cc1)C(=O)NC(C)(C)C. The van der Waals surface area contributed by atoms with Gasteiger partial charge in [0.15, 0.2) is 6.10 Å². The van der Waals surface area contributed by atoms with Gasteiger partial charge in [0.25, 0.3) is 5.91 Å². The quantitative estimate of drug-likeness (QED) is 0.890. The third-order valence-corrected chi connectivity index (χ3v) is 2.46. The predicted molar refractivity (Wildman–Crippen MR) is 73.8 cm³/mol. The molecule has 100 valence electrons. The Kier molecular flexibility index (Phi) is 4.76. The first-order valence-electron chi connectivity index (χ1n) is 6.37. The molecule has 3 nitrogen and oxygen atoms in total. The van der Waals surface area contributed by atoms with Crippen LogP contribution >= 0.6 is 0 Å². The largest absolute Gasteiger partial charge is 0.481 e. The molecule has 1 atom stereocenters. The van der Waals surface area contributed by atoms with Crippen LogP contribution in [0, 0.1) is 6.92 Å². The first-order valence-corrected chi connectivity index (χ1v) is 6.37. The second-order valence-corrected chi connectivity index (χ2v) is 5.57. The second kappa shape index (κ2) is 5.89. The van der Waals surface area contributed by atoms with Gasteiger partial charge >= 0.3 is 0 Å². The lowest BCUT2D eigenvalue weighted by Gasteiger charge is -2.24. The molecular formula is C15H23NO2. The summed E-state index contributed by atoms with van der Waals surface area (Å²) in [6.07, 6.45) is 0.211. The lowest BCUT2D eigenvalue weighted by Crippen LogP contribution is -2.47. The van der Waals surface area contributed by atoms with Crippen LogP contribution in [0.15, 0.2) is 24.3 Å². The van der Waals surface area contributed by atoms with Gasteiger partial charge in [0.1, 0.15) is 5.75 Å². The monoisotopic (exact) mass is 249 g/mol. The highest BCUT2D eigenvalue weighted by Crippen LogP contribution is 2.15. The van der Waals surface area contributed by atoms with E-state index in [0.717, 1.165) is 5.75 Å². The van der Waals surface area contributed by atoms with Crippen molar-refractivity contribution in [3.8, 4) is 5.75 Å². The molecule has 0 aliphatic heterocycles. The molecule has 0 aliphatic carbocycles. The van der Waals surface area contributed by atoms with Crippen molar-refractivity contribution in [3.05, 3.63) is 29.8 Å². The number of amides is 1. The van der Waals surface area contributed by atoms with Crippen molar-refractivity contribution in [2.24, 2.45) is 0 Å². The number of carbonyl (C=O) groups excluding carboxylic acids is 1. The summed E-state index contributed by atoms with van der Waals surface area (Å²) in [4.78, 5) is 12.0. The number of ether oxygens (including phenoxy) is 1. The van der Waals surface area contributed by atoms with Crippen molar-refractivity contribution in [2.45, 2.75) is 52.7 Å². The van der Waals surface area contributed by atoms with E-state index < -0.39 is 6.10 Å². The highest BCUT2D eigenvalue weighted by molar-refractivity contribution is 5.81. The van der Waals surface area contributed by atoms with Crippen LogP contribution in [0.4, 0.5) is 0 Å². The van der Waals surface area contributed by atoms with Crippen LogP contribution in [0.2, 0.25) is 0 Å². The Morgan fingerprint density at radius 3 is 2.28 bits per heavy atom. The lowest BCUT2D eigenvalue weighted by atomic mass is 10.1. The van der Waals surface area contributed by atoms with Crippen LogP contribution in [0.1, 0.15) is 39.7 Å². The molecule has 0 saturated carbocycles. The van der Waals surface area contributed by atoms with Gasteiger partial charge in [0.2, 0.25) is 0 Å². The summed E-state index contributed by atoms with van der Waals surface area (Å²) in [5.74, 6) is 0.669. The van der Waals surface area contributed by atoms with Crippen molar-refractivity contribution < 1.29 is 9.53 Å². The molecule has 1 N–H and O–H groups in total. The second-order valence-electron chi connectivity index (χ2n) is 5.57. The minimum Gasteiger partial charge on any atom is -0.481 e. The summed E-state index contributed by atoms with van der Waals surface area (Å²) >= 11 is 0. The van der Waals surface area contributed by atoms with E-state index in [1.165, 1.54) is 5.56 Å². The van der Waals surface area contributed by atoms with Gasteiger partial charge in [-0.15, -0.1) is 0 Å². The van der Waals surface area contributed by atoms with E-state index in [0.29, 0.717) is 6.42 Å². The van der Waals surface area contributed by atoms with Gasteiger partial charge in [-0.3, -0.25) is 4.79 Å². The minimum atomic E-state index is -0.438. The normalized spacial score (nSPS) is 12.9. The topological polar surface area (TPSA) is 38.3 Å². The summed E-state index contributed by atoms with van der Waals surface area (Å²) in [6.45, 7) is 9.85. The average molecular weight is 249 g/mol. The summed E-state index contributed by atoms with van der Waals surface area (Å²) in [6, 6.07) is 7.73. The number of hydrogen-bond acceptors (Lipinski definition) is 2. The molecule has 3 heteroatoms. The fraction of sp³-hybridized carbons (Fsp3) is 0.533. The highest BCUT2D eigenvalue weighted by atomic mass is 16.5. The predicted octanol–water partition coefficient (Wildman–Crippen LogP) is 3.07. The van der Waals surface area contributed by atoms with Gasteiger partial charge in [-0.1, -0.05) is 24.6 Å². The zero-order chi connectivity index (χ0) is 13.8. The smallest absolute Gasteiger partial charge is 0.261 e. The zero-order valence-electron chi connectivity index (χ0n) is 11.9. The first-order chi connectivity index (χ1) is 8.31. The van der Waals surface area contributed by atoms with E-state index in [4.69, 9.17) is 4.74 Å². The molecule has 0 bridgehead atoms.